The van der Waals surface area contributed by atoms with E-state index < -0.39 is 9.84 Å². The Morgan fingerprint density at radius 2 is 1.63 bits per heavy atom. The van der Waals surface area contributed by atoms with Crippen molar-refractivity contribution in [3.05, 3.63) is 59.7 Å². The van der Waals surface area contributed by atoms with Crippen LogP contribution >= 0.6 is 0 Å². The summed E-state index contributed by atoms with van der Waals surface area (Å²) in [5.74, 6) is 0.570. The summed E-state index contributed by atoms with van der Waals surface area (Å²) in [6.07, 6.45) is -0.0904. The van der Waals surface area contributed by atoms with E-state index in [9.17, 15) is 8.42 Å². The third-order valence-corrected chi connectivity index (χ3v) is 6.80. The normalized spacial score (nSPS) is 19.8. The Morgan fingerprint density at radius 3 is 2.27 bits per heavy atom. The number of hydrogen-bond donors (Lipinski definition) is 0. The van der Waals surface area contributed by atoms with E-state index in [0.717, 1.165) is 16.7 Å². The molecule has 0 spiro atoms. The molecule has 0 N–H and O–H groups in total. The molecular formula is C23H26N2O4S. The van der Waals surface area contributed by atoms with Crippen LogP contribution in [0.5, 0.6) is 0 Å². The summed E-state index contributed by atoms with van der Waals surface area (Å²) in [7, 11) is -3.86. The third kappa shape index (κ3) is 4.00. The average molecular weight is 427 g/mol. The van der Waals surface area contributed by atoms with Crippen molar-refractivity contribution in [2.75, 3.05) is 18.0 Å². The minimum atomic E-state index is -3.86. The first kappa shape index (κ1) is 20.6. The number of rotatable bonds is 4. The molecule has 4 rings (SSSR count). The number of benzene rings is 2. The van der Waals surface area contributed by atoms with Gasteiger partial charge in [-0.25, -0.2) is 8.42 Å². The molecule has 1 aliphatic heterocycles. The Kier molecular flexibility index (Phi) is 5.42. The van der Waals surface area contributed by atoms with Crippen LogP contribution in [-0.2, 0) is 14.6 Å². The maximum Gasteiger partial charge on any atom is 0.236 e. The van der Waals surface area contributed by atoms with Gasteiger partial charge in [0.05, 0.1) is 17.1 Å². The van der Waals surface area contributed by atoms with Crippen molar-refractivity contribution in [3.8, 4) is 11.5 Å². The predicted molar refractivity (Wildman–Crippen MR) is 116 cm³/mol. The van der Waals surface area contributed by atoms with Crippen molar-refractivity contribution < 1.29 is 17.6 Å². The van der Waals surface area contributed by atoms with Gasteiger partial charge in [0.1, 0.15) is 0 Å². The molecule has 1 aliphatic rings. The molecule has 1 fully saturated rings. The Bertz CT molecular complexity index is 1140. The number of nitrogens with zero attached hydrogens (tertiary/aromatic N) is 2. The van der Waals surface area contributed by atoms with Crippen molar-refractivity contribution in [2.24, 2.45) is 0 Å². The molecule has 0 radical (unpaired) electrons. The largest absolute Gasteiger partial charge is 0.419 e. The van der Waals surface area contributed by atoms with Gasteiger partial charge in [-0.05, 0) is 52.0 Å². The van der Waals surface area contributed by atoms with Gasteiger partial charge in [0.25, 0.3) is 0 Å². The van der Waals surface area contributed by atoms with Gasteiger partial charge in [-0.3, -0.25) is 0 Å². The third-order valence-electron chi connectivity index (χ3n) is 5.14. The monoisotopic (exact) mass is 426 g/mol. The van der Waals surface area contributed by atoms with Crippen LogP contribution in [0.1, 0.15) is 25.0 Å². The smallest absolute Gasteiger partial charge is 0.236 e. The van der Waals surface area contributed by atoms with Crippen molar-refractivity contribution in [2.45, 2.75) is 49.8 Å². The fourth-order valence-electron chi connectivity index (χ4n) is 3.75. The van der Waals surface area contributed by atoms with Crippen molar-refractivity contribution in [1.29, 1.82) is 0 Å². The molecule has 1 aromatic heterocycles. The summed E-state index contributed by atoms with van der Waals surface area (Å²) in [6, 6.07) is 14.5. The first-order chi connectivity index (χ1) is 14.2. The lowest BCUT2D eigenvalue weighted by Crippen LogP contribution is -2.45. The molecule has 0 saturated carbocycles. The molecule has 2 heterocycles. The molecule has 7 heteroatoms. The van der Waals surface area contributed by atoms with Gasteiger partial charge in [-0.2, -0.15) is 4.98 Å². The summed E-state index contributed by atoms with van der Waals surface area (Å²) >= 11 is 0. The van der Waals surface area contributed by atoms with Gasteiger partial charge in [0, 0.05) is 18.7 Å². The van der Waals surface area contributed by atoms with Crippen LogP contribution in [0.15, 0.2) is 62.9 Å². The molecule has 3 aromatic rings. The van der Waals surface area contributed by atoms with Crippen LogP contribution in [0, 0.1) is 13.8 Å². The van der Waals surface area contributed by atoms with Crippen LogP contribution in [0.4, 0.5) is 5.88 Å². The number of aryl methyl sites for hydroxylation is 2. The quantitative estimate of drug-likeness (QED) is 0.616. The molecule has 158 valence electrons. The van der Waals surface area contributed by atoms with Gasteiger partial charge in [0.2, 0.25) is 26.6 Å². The second-order valence-electron chi connectivity index (χ2n) is 7.98. The van der Waals surface area contributed by atoms with Gasteiger partial charge >= 0.3 is 0 Å². The highest BCUT2D eigenvalue weighted by Crippen LogP contribution is 2.36. The lowest BCUT2D eigenvalue weighted by molar-refractivity contribution is -0.00657. The summed E-state index contributed by atoms with van der Waals surface area (Å²) < 4.78 is 38.9. The van der Waals surface area contributed by atoms with Crippen LogP contribution in [-0.4, -0.2) is 38.7 Å². The molecule has 6 nitrogen and oxygen atoms in total. The number of morpholine rings is 1. The molecule has 1 saturated heterocycles. The lowest BCUT2D eigenvalue weighted by atomic mass is 10.1. The van der Waals surface area contributed by atoms with E-state index in [1.807, 2.05) is 56.9 Å². The van der Waals surface area contributed by atoms with E-state index in [4.69, 9.17) is 9.15 Å². The summed E-state index contributed by atoms with van der Waals surface area (Å²) in [4.78, 5) is 6.60. The Balaban J connectivity index is 1.86. The number of sulfone groups is 1. The van der Waals surface area contributed by atoms with Gasteiger partial charge in [-0.1, -0.05) is 35.4 Å². The van der Waals surface area contributed by atoms with Crippen LogP contribution < -0.4 is 4.90 Å². The first-order valence-electron chi connectivity index (χ1n) is 10.0. The topological polar surface area (TPSA) is 72.6 Å². The molecule has 2 atom stereocenters. The summed E-state index contributed by atoms with van der Waals surface area (Å²) in [5, 5.41) is -0.0517. The summed E-state index contributed by atoms with van der Waals surface area (Å²) in [5.41, 5.74) is 2.78. The van der Waals surface area contributed by atoms with Crippen LogP contribution in [0.2, 0.25) is 0 Å². The van der Waals surface area contributed by atoms with Crippen LogP contribution in [0.3, 0.4) is 0 Å². The zero-order chi connectivity index (χ0) is 21.5. The highest BCUT2D eigenvalue weighted by molar-refractivity contribution is 7.91. The van der Waals surface area contributed by atoms with Crippen molar-refractivity contribution in [3.63, 3.8) is 0 Å². The van der Waals surface area contributed by atoms with Crippen molar-refractivity contribution in [1.82, 2.24) is 4.98 Å². The Labute approximate surface area is 177 Å². The molecule has 30 heavy (non-hydrogen) atoms. The van der Waals surface area contributed by atoms with E-state index in [1.165, 1.54) is 0 Å². The SMILES string of the molecule is Cc1ccc(S(=O)(=O)c2nc(-c3cccc(C)c3)oc2N2C[C@@H](C)O[C@@H](C)C2)cc1. The second kappa shape index (κ2) is 7.89. The van der Waals surface area contributed by atoms with E-state index in [0.29, 0.717) is 19.0 Å². The van der Waals surface area contributed by atoms with E-state index in [2.05, 4.69) is 4.98 Å². The van der Waals surface area contributed by atoms with Crippen LogP contribution in [0.25, 0.3) is 11.5 Å². The fraction of sp³-hybridized carbons (Fsp3) is 0.348. The number of aromatic nitrogens is 1. The average Bonchev–Trinajstić information content (AvgIpc) is 3.14. The maximum atomic E-state index is 13.5. The highest BCUT2D eigenvalue weighted by Gasteiger charge is 2.34. The fourth-order valence-corrected chi connectivity index (χ4v) is 5.07. The number of oxazole rings is 1. The predicted octanol–water partition coefficient (Wildman–Crippen LogP) is 4.40. The van der Waals surface area contributed by atoms with Gasteiger partial charge < -0.3 is 14.1 Å². The zero-order valence-electron chi connectivity index (χ0n) is 17.6. The number of anilines is 1. The molecule has 0 bridgehead atoms. The summed E-state index contributed by atoms with van der Waals surface area (Å²) in [6.45, 7) is 8.89. The molecule has 0 amide bonds. The second-order valence-corrected chi connectivity index (χ2v) is 9.84. The van der Waals surface area contributed by atoms with Gasteiger partial charge in [-0.15, -0.1) is 0 Å². The van der Waals surface area contributed by atoms with Gasteiger partial charge in [0.15, 0.2) is 0 Å². The number of ether oxygens (including phenoxy) is 1. The van der Waals surface area contributed by atoms with Crippen molar-refractivity contribution >= 4 is 15.7 Å². The highest BCUT2D eigenvalue weighted by atomic mass is 32.2. The van der Waals surface area contributed by atoms with E-state index in [-0.39, 0.29) is 28.0 Å². The van der Waals surface area contributed by atoms with E-state index >= 15 is 0 Å². The number of hydrogen-bond acceptors (Lipinski definition) is 6. The van der Waals surface area contributed by atoms with E-state index in [1.54, 1.807) is 24.3 Å². The minimum Gasteiger partial charge on any atom is -0.419 e. The molecule has 2 aromatic carbocycles. The Morgan fingerprint density at radius 1 is 0.967 bits per heavy atom. The molecule has 0 unspecified atom stereocenters. The molecular weight excluding hydrogens is 400 g/mol. The minimum absolute atomic E-state index is 0.0452. The Hall–Kier alpha value is -2.64. The zero-order valence-corrected chi connectivity index (χ0v) is 18.4. The lowest BCUT2D eigenvalue weighted by Gasteiger charge is -2.35. The maximum absolute atomic E-state index is 13.5. The molecule has 0 aliphatic carbocycles. The first-order valence-corrected chi connectivity index (χ1v) is 11.5. The standard InChI is InChI=1S/C23H26N2O4S/c1-15-8-10-20(11-9-15)30(26,27)22-23(25-13-17(3)28-18(4)14-25)29-21(24-22)19-7-5-6-16(2)12-19/h5-12,17-18H,13-14H2,1-4H3/t17-,18+.